The summed E-state index contributed by atoms with van der Waals surface area (Å²) in [4.78, 5) is 54.4. The SMILES string of the molecule is NC(N)=NCCCC(NC(=O)C1CCCN1C(=O)CNC(=O)C(N)Cc1ccccc1)C(=O)O. The molecule has 9 N–H and O–H groups in total. The minimum atomic E-state index is -1.19. The molecule has 186 valence electrons. The van der Waals surface area contributed by atoms with Gasteiger partial charge in [-0.25, -0.2) is 4.79 Å². The molecule has 3 atom stereocenters. The zero-order valence-electron chi connectivity index (χ0n) is 19.0. The van der Waals surface area contributed by atoms with Crippen LogP contribution in [0, 0.1) is 0 Å². The summed E-state index contributed by atoms with van der Waals surface area (Å²) in [6.07, 6.45) is 1.81. The molecule has 1 aliphatic rings. The maximum absolute atomic E-state index is 12.7. The quantitative estimate of drug-likeness (QED) is 0.116. The summed E-state index contributed by atoms with van der Waals surface area (Å²) in [5, 5.41) is 14.4. The van der Waals surface area contributed by atoms with E-state index in [1.807, 2.05) is 30.3 Å². The molecule has 0 bridgehead atoms. The van der Waals surface area contributed by atoms with E-state index >= 15 is 0 Å². The topological polar surface area (TPSA) is 206 Å². The Balaban J connectivity index is 1.85. The van der Waals surface area contributed by atoms with Gasteiger partial charge in [0.2, 0.25) is 17.7 Å². The third kappa shape index (κ3) is 8.35. The fraction of sp³-hybridized carbons (Fsp3) is 0.500. The second-order valence-electron chi connectivity index (χ2n) is 8.11. The van der Waals surface area contributed by atoms with Crippen molar-refractivity contribution in [2.24, 2.45) is 22.2 Å². The van der Waals surface area contributed by atoms with Gasteiger partial charge < -0.3 is 37.8 Å². The molecule has 0 saturated carbocycles. The summed E-state index contributed by atoms with van der Waals surface area (Å²) < 4.78 is 0. The normalized spacial score (nSPS) is 16.9. The van der Waals surface area contributed by atoms with Gasteiger partial charge in [0.1, 0.15) is 12.1 Å². The molecule has 1 aliphatic heterocycles. The fourth-order valence-electron chi connectivity index (χ4n) is 3.72. The smallest absolute Gasteiger partial charge is 0.326 e. The van der Waals surface area contributed by atoms with Gasteiger partial charge in [-0.2, -0.15) is 0 Å². The molecular formula is C22H33N7O5. The Hall–Kier alpha value is -3.67. The largest absolute Gasteiger partial charge is 0.480 e. The van der Waals surface area contributed by atoms with E-state index in [-0.39, 0.29) is 25.5 Å². The standard InChI is InChI=1S/C22H33N7O5/c23-15(12-14-6-2-1-3-7-14)19(31)27-13-18(30)29-11-5-9-17(29)20(32)28-16(21(33)34)8-4-10-26-22(24)25/h1-3,6-7,15-17H,4-5,8-13,23H2,(H,27,31)(H,28,32)(H,33,34)(H4,24,25,26). The van der Waals surface area contributed by atoms with Crippen molar-refractivity contribution in [1.82, 2.24) is 15.5 Å². The number of benzene rings is 1. The molecule has 1 aromatic rings. The number of amides is 3. The number of nitrogens with one attached hydrogen (secondary N) is 2. The molecule has 0 aromatic heterocycles. The minimum absolute atomic E-state index is 0.0934. The Morgan fingerprint density at radius 2 is 1.88 bits per heavy atom. The van der Waals surface area contributed by atoms with Crippen LogP contribution in [0.2, 0.25) is 0 Å². The lowest BCUT2D eigenvalue weighted by Gasteiger charge is -2.26. The molecule has 2 rings (SSSR count). The van der Waals surface area contributed by atoms with E-state index in [0.29, 0.717) is 32.2 Å². The Morgan fingerprint density at radius 3 is 2.53 bits per heavy atom. The highest BCUT2D eigenvalue weighted by molar-refractivity contribution is 5.93. The molecule has 1 aromatic carbocycles. The number of hydrogen-bond acceptors (Lipinski definition) is 6. The number of guanidine groups is 1. The molecule has 34 heavy (non-hydrogen) atoms. The van der Waals surface area contributed by atoms with Crippen molar-refractivity contribution in [1.29, 1.82) is 0 Å². The first kappa shape index (κ1) is 26.6. The maximum Gasteiger partial charge on any atom is 0.326 e. The first-order chi connectivity index (χ1) is 16.2. The number of carboxylic acid groups (broad SMARTS) is 1. The monoisotopic (exact) mass is 475 g/mol. The Morgan fingerprint density at radius 1 is 1.18 bits per heavy atom. The lowest BCUT2D eigenvalue weighted by atomic mass is 10.1. The molecule has 0 spiro atoms. The fourth-order valence-corrected chi connectivity index (χ4v) is 3.72. The number of nitrogens with zero attached hydrogens (tertiary/aromatic N) is 2. The second-order valence-corrected chi connectivity index (χ2v) is 8.11. The zero-order chi connectivity index (χ0) is 25.1. The molecule has 3 amide bonds. The van der Waals surface area contributed by atoms with Gasteiger partial charge in [0.25, 0.3) is 0 Å². The summed E-state index contributed by atoms with van der Waals surface area (Å²) >= 11 is 0. The number of carbonyl (C=O) groups is 4. The van der Waals surface area contributed by atoms with Crippen LogP contribution >= 0.6 is 0 Å². The van der Waals surface area contributed by atoms with Crippen LogP contribution in [0.3, 0.4) is 0 Å². The van der Waals surface area contributed by atoms with Gasteiger partial charge in [0, 0.05) is 13.1 Å². The molecule has 0 radical (unpaired) electrons. The maximum atomic E-state index is 12.7. The summed E-state index contributed by atoms with van der Waals surface area (Å²) in [5.41, 5.74) is 17.3. The number of aliphatic carboxylic acids is 1. The van der Waals surface area contributed by atoms with E-state index in [1.165, 1.54) is 4.90 Å². The Labute approximate surface area is 197 Å². The van der Waals surface area contributed by atoms with E-state index in [2.05, 4.69) is 15.6 Å². The first-order valence-corrected chi connectivity index (χ1v) is 11.1. The number of carbonyl (C=O) groups excluding carboxylic acids is 3. The summed E-state index contributed by atoms with van der Waals surface area (Å²) in [6, 6.07) is 6.53. The van der Waals surface area contributed by atoms with Crippen molar-refractivity contribution in [3.8, 4) is 0 Å². The van der Waals surface area contributed by atoms with Gasteiger partial charge >= 0.3 is 5.97 Å². The third-order valence-corrected chi connectivity index (χ3v) is 5.48. The van der Waals surface area contributed by atoms with Crippen molar-refractivity contribution < 1.29 is 24.3 Å². The van der Waals surface area contributed by atoms with Crippen LogP contribution in [-0.4, -0.2) is 77.4 Å². The zero-order valence-corrected chi connectivity index (χ0v) is 19.0. The van der Waals surface area contributed by atoms with E-state index < -0.39 is 41.8 Å². The first-order valence-electron chi connectivity index (χ1n) is 11.1. The number of nitrogens with two attached hydrogens (primary N) is 3. The molecular weight excluding hydrogens is 442 g/mol. The highest BCUT2D eigenvalue weighted by Gasteiger charge is 2.35. The van der Waals surface area contributed by atoms with E-state index in [1.54, 1.807) is 0 Å². The van der Waals surface area contributed by atoms with Gasteiger partial charge in [-0.15, -0.1) is 0 Å². The lowest BCUT2D eigenvalue weighted by Crippen LogP contribution is -2.53. The van der Waals surface area contributed by atoms with Crippen molar-refractivity contribution in [3.05, 3.63) is 35.9 Å². The van der Waals surface area contributed by atoms with E-state index in [4.69, 9.17) is 17.2 Å². The number of carboxylic acids is 1. The second kappa shape index (κ2) is 13.1. The van der Waals surface area contributed by atoms with E-state index in [0.717, 1.165) is 5.56 Å². The molecule has 3 unspecified atom stereocenters. The van der Waals surface area contributed by atoms with Gasteiger partial charge in [-0.3, -0.25) is 19.4 Å². The highest BCUT2D eigenvalue weighted by atomic mass is 16.4. The molecule has 1 saturated heterocycles. The summed E-state index contributed by atoms with van der Waals surface area (Å²) in [6.45, 7) is 0.277. The van der Waals surface area contributed by atoms with Crippen LogP contribution in [0.25, 0.3) is 0 Å². The van der Waals surface area contributed by atoms with Crippen molar-refractivity contribution >= 4 is 29.7 Å². The van der Waals surface area contributed by atoms with Gasteiger partial charge in [0.05, 0.1) is 12.6 Å². The van der Waals surface area contributed by atoms with Crippen LogP contribution in [0.15, 0.2) is 35.3 Å². The van der Waals surface area contributed by atoms with Gasteiger partial charge in [-0.05, 0) is 37.7 Å². The predicted molar refractivity (Wildman–Crippen MR) is 125 cm³/mol. The van der Waals surface area contributed by atoms with E-state index in [9.17, 15) is 24.3 Å². The van der Waals surface area contributed by atoms with Crippen LogP contribution < -0.4 is 27.8 Å². The number of hydrogen-bond donors (Lipinski definition) is 6. The Bertz CT molecular complexity index is 889. The van der Waals surface area contributed by atoms with Crippen molar-refractivity contribution in [2.45, 2.75) is 50.2 Å². The molecule has 12 nitrogen and oxygen atoms in total. The number of likely N-dealkylation sites (tertiary alicyclic amines) is 1. The third-order valence-electron chi connectivity index (χ3n) is 5.48. The summed E-state index contributed by atoms with van der Waals surface area (Å²) in [7, 11) is 0. The van der Waals surface area contributed by atoms with Crippen molar-refractivity contribution in [3.63, 3.8) is 0 Å². The van der Waals surface area contributed by atoms with Crippen LogP contribution in [-0.2, 0) is 25.6 Å². The molecule has 1 heterocycles. The average Bonchev–Trinajstić information content (AvgIpc) is 3.29. The average molecular weight is 476 g/mol. The Kier molecular flexibility index (Phi) is 10.3. The lowest BCUT2D eigenvalue weighted by molar-refractivity contribution is -0.144. The molecule has 1 fully saturated rings. The highest BCUT2D eigenvalue weighted by Crippen LogP contribution is 2.18. The minimum Gasteiger partial charge on any atom is -0.480 e. The number of aliphatic imine (C=N–C) groups is 1. The van der Waals surface area contributed by atoms with Crippen LogP contribution in [0.4, 0.5) is 0 Å². The number of rotatable bonds is 12. The summed E-state index contributed by atoms with van der Waals surface area (Å²) in [5.74, 6) is -2.73. The molecule has 12 heteroatoms. The van der Waals surface area contributed by atoms with Crippen LogP contribution in [0.5, 0.6) is 0 Å². The predicted octanol–water partition coefficient (Wildman–Crippen LogP) is -1.71. The van der Waals surface area contributed by atoms with Crippen LogP contribution in [0.1, 0.15) is 31.2 Å². The van der Waals surface area contributed by atoms with Gasteiger partial charge in [-0.1, -0.05) is 30.3 Å². The molecule has 0 aliphatic carbocycles. The van der Waals surface area contributed by atoms with Gasteiger partial charge in [0.15, 0.2) is 5.96 Å². The van der Waals surface area contributed by atoms with Crippen molar-refractivity contribution in [2.75, 3.05) is 19.6 Å².